The number of hydrogen-bond donors (Lipinski definition) is 13. The number of nitrogens with two attached hydrogens (primary N) is 5. The van der Waals surface area contributed by atoms with Crippen LogP contribution in [-0.4, -0.2) is 214 Å². The van der Waals surface area contributed by atoms with E-state index in [0.717, 1.165) is 259 Å². The molecule has 5 aromatic rings. The van der Waals surface area contributed by atoms with Gasteiger partial charge in [0.2, 0.25) is 0 Å². The van der Waals surface area contributed by atoms with Crippen LogP contribution in [0.5, 0.6) is 28.7 Å². The van der Waals surface area contributed by atoms with Crippen molar-refractivity contribution in [2.45, 2.75) is 338 Å². The third-order valence-corrected chi connectivity index (χ3v) is 40.4. The summed E-state index contributed by atoms with van der Waals surface area (Å²) < 4.78 is 0. The number of piperidine rings is 5. The number of amides is 5. The molecule has 25 rings (SSSR count). The van der Waals surface area contributed by atoms with Crippen LogP contribution in [-0.2, 0) is 64.0 Å². The lowest BCUT2D eigenvalue weighted by molar-refractivity contribution is -0.169. The standard InChI is InChI=1S/C23H30N2O3.C23H30N2O2.2C22H30N2O3.C22H28N2O3/c1-14-7-8-23(28)18-11-16-5-6-17(21(24)27)20(26)19(16)22(23,12-14)9-10-25(18)13-15-3-2-4-15;1-14-5-8-18-19-11-16-6-7-17(22(24)27)21(26)20(16)23(18,12-14)9-10-25(19)13-15-3-2-4-15;23-20(26)16-7-6-15-12-17-22(27)9-2-1-8-21(22,18(15)19(16)25)10-11-24(17)13-14-4-3-5-14;2*23-21(27)16-6-4-14-10-18-17-7-5-15(25)11-22(17,19(14)20(16)26)8-9-24(18)12-13-2-1-3-13/h5-6,15,18,26,28H,1-4,7-13H2,(H2,24,27);6-7,15,18-19,26H,1-5,8-13H2,(H2,24,27);6-7,14,17,25,27H,1-5,8-13H2,(H2,23,26);4,6,13,15,17-18,25-26H,1-3,5,7-12H2,(H2,23,27);4,6,13,17-18,26H,1-3,5,7-12H2,(H2,23,27)/t18-,22-,23-;18-,19+,23-;17-,21+,22-;15-,17-,18+,22-;17-,18+,22-/m10100/s1. The normalized spacial score (nSPS) is 34.6. The number of hydrogen-bond acceptors (Lipinski definition) is 19. The first-order chi connectivity index (χ1) is 65.3. The molecule has 0 spiro atoms. The third kappa shape index (κ3) is 15.2. The number of aliphatic hydroxyl groups is 3. The Balaban J connectivity index is 0.000000102. The highest BCUT2D eigenvalue weighted by atomic mass is 16.3. The fourth-order valence-corrected chi connectivity index (χ4v) is 32.9. The lowest BCUT2D eigenvalue weighted by Gasteiger charge is -2.64. The molecular formula is C112H148N10O14. The second kappa shape index (κ2) is 35.8. The molecule has 15 aliphatic carbocycles. The molecule has 20 aliphatic rings. The molecule has 730 valence electrons. The van der Waals surface area contributed by atoms with Crippen LogP contribution in [0.3, 0.4) is 0 Å². The topological polar surface area (TPSA) is 411 Å². The predicted octanol–water partition coefficient (Wildman–Crippen LogP) is 13.5. The number of phenols is 5. The van der Waals surface area contributed by atoms with E-state index in [1.54, 1.807) is 30.3 Å². The number of likely N-dealkylation sites (tertiary alicyclic amines) is 5. The van der Waals surface area contributed by atoms with Gasteiger partial charge in [-0.25, -0.2) is 0 Å². The number of allylic oxidation sites excluding steroid dienone is 2. The average molecular weight is 1860 g/mol. The van der Waals surface area contributed by atoms with Crippen LogP contribution in [0.25, 0.3) is 0 Å². The molecular weight excluding hydrogens is 1710 g/mol. The Hall–Kier alpha value is -8.72. The van der Waals surface area contributed by atoms with Crippen LogP contribution in [0, 0.1) is 47.3 Å². The van der Waals surface area contributed by atoms with Crippen LogP contribution in [0.4, 0.5) is 0 Å². The maximum atomic E-state index is 12.5. The molecule has 10 bridgehead atoms. The van der Waals surface area contributed by atoms with Gasteiger partial charge in [-0.15, -0.1) is 0 Å². The minimum Gasteiger partial charge on any atom is -0.507 e. The van der Waals surface area contributed by atoms with Gasteiger partial charge in [-0.2, -0.15) is 0 Å². The number of benzene rings is 5. The maximum absolute atomic E-state index is 12.5. The van der Waals surface area contributed by atoms with Crippen molar-refractivity contribution in [1.29, 1.82) is 0 Å². The summed E-state index contributed by atoms with van der Waals surface area (Å²) in [5, 5.41) is 89.8. The van der Waals surface area contributed by atoms with Crippen molar-refractivity contribution in [2.75, 3.05) is 65.4 Å². The second-order valence-electron chi connectivity index (χ2n) is 46.9. The highest BCUT2D eigenvalue weighted by Gasteiger charge is 2.68. The number of aromatic hydroxyl groups is 5. The zero-order chi connectivity index (χ0) is 94.8. The van der Waals surface area contributed by atoms with Crippen LogP contribution in [0.1, 0.15) is 339 Å². The van der Waals surface area contributed by atoms with E-state index in [-0.39, 0.29) is 96.8 Å². The fraction of sp³-hybridized carbons (Fsp3) is 0.643. The smallest absolute Gasteiger partial charge is 0.252 e. The van der Waals surface area contributed by atoms with Gasteiger partial charge in [0, 0.05) is 131 Å². The Morgan fingerprint density at radius 1 is 0.331 bits per heavy atom. The van der Waals surface area contributed by atoms with Gasteiger partial charge in [-0.3, -0.25) is 53.3 Å². The lowest BCUT2D eigenvalue weighted by atomic mass is 9.48. The number of ketones is 1. The molecule has 5 aromatic carbocycles. The average Bonchev–Trinajstić information content (AvgIpc) is 0.529. The van der Waals surface area contributed by atoms with Gasteiger partial charge in [-0.05, 0) is 344 Å². The molecule has 24 nitrogen and oxygen atoms in total. The summed E-state index contributed by atoms with van der Waals surface area (Å²) in [6, 6.07) is 19.9. The molecule has 15 fully saturated rings. The van der Waals surface area contributed by atoms with Gasteiger partial charge in [0.1, 0.15) is 34.5 Å². The molecule has 10 saturated carbocycles. The van der Waals surface area contributed by atoms with E-state index in [1.807, 2.05) is 30.3 Å². The highest BCUT2D eigenvalue weighted by molar-refractivity contribution is 5.99. The van der Waals surface area contributed by atoms with Crippen molar-refractivity contribution in [2.24, 2.45) is 76.0 Å². The Morgan fingerprint density at radius 3 is 1.06 bits per heavy atom. The molecule has 16 atom stereocenters. The summed E-state index contributed by atoms with van der Waals surface area (Å²) in [6.45, 7) is 19.2. The number of rotatable bonds is 15. The Labute approximate surface area is 801 Å². The van der Waals surface area contributed by atoms with Crippen molar-refractivity contribution in [1.82, 2.24) is 24.5 Å². The van der Waals surface area contributed by atoms with Crippen LogP contribution in [0.2, 0.25) is 0 Å². The van der Waals surface area contributed by atoms with Crippen molar-refractivity contribution in [3.8, 4) is 28.7 Å². The molecule has 5 amide bonds. The van der Waals surface area contributed by atoms with Crippen LogP contribution in [0.15, 0.2) is 85.0 Å². The van der Waals surface area contributed by atoms with Gasteiger partial charge >= 0.3 is 0 Å². The van der Waals surface area contributed by atoms with Gasteiger partial charge < -0.3 is 69.5 Å². The Bertz CT molecular complexity index is 5480. The quantitative estimate of drug-likeness (QED) is 0.0433. The Kier molecular flexibility index (Phi) is 24.6. The molecule has 0 aromatic heterocycles. The van der Waals surface area contributed by atoms with Gasteiger partial charge in [0.05, 0.1) is 45.1 Å². The number of carbonyl (C=O) groups is 6. The summed E-state index contributed by atoms with van der Waals surface area (Å²) in [7, 11) is 0. The van der Waals surface area contributed by atoms with Crippen molar-refractivity contribution in [3.63, 3.8) is 0 Å². The summed E-state index contributed by atoms with van der Waals surface area (Å²) >= 11 is 0. The lowest BCUT2D eigenvalue weighted by Crippen LogP contribution is -2.73. The van der Waals surface area contributed by atoms with Crippen molar-refractivity contribution in [3.05, 3.63) is 168 Å². The Morgan fingerprint density at radius 2 is 0.654 bits per heavy atom. The van der Waals surface area contributed by atoms with Gasteiger partial charge in [-0.1, -0.05) is 99.6 Å². The number of primary amides is 5. The molecule has 5 heterocycles. The van der Waals surface area contributed by atoms with Crippen LogP contribution >= 0.6 is 0 Å². The second-order valence-corrected chi connectivity index (χ2v) is 46.9. The summed E-state index contributed by atoms with van der Waals surface area (Å²) in [5.41, 5.74) is 37.6. The number of fused-ring (bicyclic) bond motifs is 5. The highest BCUT2D eigenvalue weighted by Crippen LogP contribution is 2.67. The van der Waals surface area contributed by atoms with E-state index in [4.69, 9.17) is 28.7 Å². The van der Waals surface area contributed by atoms with Gasteiger partial charge in [0.25, 0.3) is 29.5 Å². The number of nitrogens with zero attached hydrogens (tertiary/aromatic N) is 5. The minimum atomic E-state index is -0.906. The molecule has 24 heteroatoms. The maximum Gasteiger partial charge on any atom is 0.252 e. The number of Topliss-reactive ketones (excluding diaryl/α,β-unsaturated/α-hetero) is 1. The van der Waals surface area contributed by atoms with Crippen molar-refractivity contribution >= 4 is 35.3 Å². The fourth-order valence-electron chi connectivity index (χ4n) is 32.9. The first-order valence-corrected chi connectivity index (χ1v) is 52.7. The first kappa shape index (κ1) is 93.6. The van der Waals surface area contributed by atoms with E-state index >= 15 is 0 Å². The summed E-state index contributed by atoms with van der Waals surface area (Å²) in [6.07, 6.45) is 42.2. The zero-order valence-corrected chi connectivity index (χ0v) is 80.0. The van der Waals surface area contributed by atoms with Gasteiger partial charge in [0.15, 0.2) is 0 Å². The molecule has 0 unspecified atom stereocenters. The first-order valence-electron chi connectivity index (χ1n) is 52.7. The number of carbonyl (C=O) groups excluding carboxylic acids is 6. The monoisotopic (exact) mass is 1860 g/mol. The van der Waals surface area contributed by atoms with Crippen LogP contribution < -0.4 is 28.7 Å². The minimum absolute atomic E-state index is 0.0196. The zero-order valence-electron chi connectivity index (χ0n) is 80.0. The summed E-state index contributed by atoms with van der Waals surface area (Å²) in [5.74, 6) is 3.03. The van der Waals surface area contributed by atoms with Crippen molar-refractivity contribution < 1.29 is 69.6 Å². The molecule has 5 aliphatic heterocycles. The van der Waals surface area contributed by atoms with E-state index in [1.165, 1.54) is 127 Å². The predicted molar refractivity (Wildman–Crippen MR) is 520 cm³/mol. The molecule has 18 N–H and O–H groups in total. The third-order valence-electron chi connectivity index (χ3n) is 40.4. The van der Waals surface area contributed by atoms with E-state index in [2.05, 4.69) is 37.7 Å². The molecule has 136 heavy (non-hydrogen) atoms. The molecule has 5 saturated heterocycles. The summed E-state index contributed by atoms with van der Waals surface area (Å²) in [4.78, 5) is 84.8. The van der Waals surface area contributed by atoms with E-state index < -0.39 is 51.6 Å². The number of aliphatic hydroxyl groups excluding tert-OH is 1. The molecule has 0 radical (unpaired) electrons. The largest absolute Gasteiger partial charge is 0.507 e. The van der Waals surface area contributed by atoms with E-state index in [0.29, 0.717) is 74.4 Å². The SMILES string of the molecule is C=C1CC[C@@]2(O)[C@H]3Cc4ccc(C(N)=O)c(O)c4[C@@]2(CCN3CC2CCC2)C1.C=C1CC[C@H]2[C@H]3Cc4ccc(C(N)=O)c(O)c4[C@@]2(CCN3CC2CCC2)C1.NC(=O)c1ccc2c(c1O)[C@@]13CCCC[C@@]1(O)[C@@H](C2)N(CC1CCC1)CC3.NC(=O)c1ccc2c(c1O)[C@]13CCN(CC4CCC4)[C@H](C2)[C@@H]1CCC(=O)C3.NC(=O)c1ccc2c(c1O)[C@]13CCN(CC4CCC4)[C@H](C2)[C@@H]1CC[C@H](O)C3. The van der Waals surface area contributed by atoms with E-state index in [9.17, 15) is 69.6 Å².